The lowest BCUT2D eigenvalue weighted by atomic mass is 10.1. The quantitative estimate of drug-likeness (QED) is 0.787. The van der Waals surface area contributed by atoms with Crippen LogP contribution in [0.4, 0.5) is 5.69 Å². The first-order valence-electron chi connectivity index (χ1n) is 6.41. The summed E-state index contributed by atoms with van der Waals surface area (Å²) < 4.78 is 1.91. The van der Waals surface area contributed by atoms with E-state index in [2.05, 4.69) is 20.5 Å². The highest BCUT2D eigenvalue weighted by molar-refractivity contribution is 5.73. The van der Waals surface area contributed by atoms with Crippen molar-refractivity contribution in [3.05, 3.63) is 60.7 Å². The molecule has 0 unspecified atom stereocenters. The lowest BCUT2D eigenvalue weighted by Gasteiger charge is -2.11. The Morgan fingerprint density at radius 1 is 1.10 bits per heavy atom. The van der Waals surface area contributed by atoms with Crippen molar-refractivity contribution in [2.45, 2.75) is 6.54 Å². The number of rotatable bonds is 4. The predicted octanol–water partition coefficient (Wildman–Crippen LogP) is 2.49. The maximum Gasteiger partial charge on any atom is 0.165 e. The minimum atomic E-state index is 0.747. The fourth-order valence-electron chi connectivity index (χ4n) is 2.06. The lowest BCUT2D eigenvalue weighted by Crippen LogP contribution is -2.02. The van der Waals surface area contributed by atoms with Gasteiger partial charge >= 0.3 is 0 Å². The smallest absolute Gasteiger partial charge is 0.165 e. The third kappa shape index (κ3) is 2.51. The molecule has 0 radical (unpaired) electrons. The van der Waals surface area contributed by atoms with Gasteiger partial charge in [0, 0.05) is 37.2 Å². The highest BCUT2D eigenvalue weighted by Crippen LogP contribution is 2.25. The monoisotopic (exact) mass is 265 g/mol. The van der Waals surface area contributed by atoms with Gasteiger partial charge < -0.3 is 9.88 Å². The van der Waals surface area contributed by atoms with E-state index in [1.54, 1.807) is 18.7 Å². The Labute approximate surface area is 117 Å². The average Bonchev–Trinajstić information content (AvgIpc) is 2.92. The molecule has 5 heteroatoms. The normalized spacial score (nSPS) is 10.4. The molecule has 0 saturated carbocycles. The van der Waals surface area contributed by atoms with E-state index < -0.39 is 0 Å². The predicted molar refractivity (Wildman–Crippen MR) is 78.0 cm³/mol. The fourth-order valence-corrected chi connectivity index (χ4v) is 2.06. The van der Waals surface area contributed by atoms with Crippen LogP contribution >= 0.6 is 0 Å². The Bertz CT molecular complexity index is 690. The molecule has 0 bridgehead atoms. The summed E-state index contributed by atoms with van der Waals surface area (Å²) in [4.78, 5) is 4.02. The average molecular weight is 265 g/mol. The van der Waals surface area contributed by atoms with E-state index in [0.717, 1.165) is 23.6 Å². The van der Waals surface area contributed by atoms with Crippen LogP contribution in [0, 0.1) is 0 Å². The molecule has 0 aliphatic rings. The highest BCUT2D eigenvalue weighted by atomic mass is 15.2. The van der Waals surface area contributed by atoms with Crippen molar-refractivity contribution >= 4 is 5.69 Å². The Balaban J connectivity index is 1.86. The largest absolute Gasteiger partial charge is 0.380 e. The molecule has 2 heterocycles. The van der Waals surface area contributed by atoms with Crippen molar-refractivity contribution in [1.29, 1.82) is 0 Å². The maximum absolute atomic E-state index is 4.16. The molecule has 0 spiro atoms. The molecular weight excluding hydrogens is 250 g/mol. The summed E-state index contributed by atoms with van der Waals surface area (Å²) in [6.07, 6.45) is 5.30. The van der Waals surface area contributed by atoms with E-state index in [-0.39, 0.29) is 0 Å². The number of pyridine rings is 1. The Kier molecular flexibility index (Phi) is 3.41. The molecule has 5 nitrogen and oxygen atoms in total. The zero-order valence-corrected chi connectivity index (χ0v) is 11.2. The van der Waals surface area contributed by atoms with Gasteiger partial charge in [0.05, 0.1) is 0 Å². The Morgan fingerprint density at radius 2 is 1.90 bits per heavy atom. The summed E-state index contributed by atoms with van der Waals surface area (Å²) in [5.74, 6) is 0.850. The van der Waals surface area contributed by atoms with Gasteiger partial charge in [0.1, 0.15) is 6.33 Å². The van der Waals surface area contributed by atoms with Gasteiger partial charge in [-0.05, 0) is 29.8 Å². The number of anilines is 1. The third-order valence-corrected chi connectivity index (χ3v) is 3.11. The lowest BCUT2D eigenvalue weighted by molar-refractivity contribution is 0.919. The molecule has 1 N–H and O–H groups in total. The number of hydrogen-bond acceptors (Lipinski definition) is 4. The zero-order valence-electron chi connectivity index (χ0n) is 11.2. The number of aromatic nitrogens is 4. The second kappa shape index (κ2) is 5.52. The number of hydrogen-bond donors (Lipinski definition) is 1. The van der Waals surface area contributed by atoms with Crippen LogP contribution in [0.1, 0.15) is 5.56 Å². The van der Waals surface area contributed by atoms with Gasteiger partial charge in [-0.2, -0.15) is 0 Å². The Hall–Kier alpha value is -2.69. The molecule has 0 saturated heterocycles. The second-order valence-electron chi connectivity index (χ2n) is 4.52. The van der Waals surface area contributed by atoms with Gasteiger partial charge in [-0.1, -0.05) is 12.1 Å². The summed E-state index contributed by atoms with van der Waals surface area (Å²) in [6, 6.07) is 12.1. The van der Waals surface area contributed by atoms with Crippen molar-refractivity contribution in [2.24, 2.45) is 7.05 Å². The van der Waals surface area contributed by atoms with Crippen LogP contribution in [0.15, 0.2) is 55.1 Å². The van der Waals surface area contributed by atoms with Crippen molar-refractivity contribution in [3.63, 3.8) is 0 Å². The molecular formula is C15H15N5. The topological polar surface area (TPSA) is 55.6 Å². The molecule has 0 fully saturated rings. The zero-order chi connectivity index (χ0) is 13.8. The molecule has 100 valence electrons. The second-order valence-corrected chi connectivity index (χ2v) is 4.52. The molecule has 2 aromatic heterocycles. The van der Waals surface area contributed by atoms with Gasteiger partial charge in [-0.25, -0.2) is 0 Å². The van der Waals surface area contributed by atoms with Crippen molar-refractivity contribution in [2.75, 3.05) is 5.32 Å². The molecule has 0 amide bonds. The number of para-hydroxylation sites is 1. The fraction of sp³-hybridized carbons (Fsp3) is 0.133. The first kappa shape index (κ1) is 12.3. The summed E-state index contributed by atoms with van der Waals surface area (Å²) >= 11 is 0. The number of benzene rings is 1. The van der Waals surface area contributed by atoms with Gasteiger partial charge in [-0.15, -0.1) is 10.2 Å². The first-order chi connectivity index (χ1) is 9.84. The SMILES string of the molecule is Cn1cnnc1-c1ccccc1NCc1ccncc1. The van der Waals surface area contributed by atoms with Crippen molar-refractivity contribution in [3.8, 4) is 11.4 Å². The van der Waals surface area contributed by atoms with Gasteiger partial charge in [0.2, 0.25) is 0 Å². The first-order valence-corrected chi connectivity index (χ1v) is 6.41. The summed E-state index contributed by atoms with van der Waals surface area (Å²) in [7, 11) is 1.94. The van der Waals surface area contributed by atoms with Crippen molar-refractivity contribution in [1.82, 2.24) is 19.7 Å². The van der Waals surface area contributed by atoms with Crippen LogP contribution in [-0.4, -0.2) is 19.7 Å². The summed E-state index contributed by atoms with van der Waals surface area (Å²) in [6.45, 7) is 0.747. The van der Waals surface area contributed by atoms with Gasteiger partial charge in [-0.3, -0.25) is 4.98 Å². The van der Waals surface area contributed by atoms with Gasteiger partial charge in [0.25, 0.3) is 0 Å². The van der Waals surface area contributed by atoms with Crippen molar-refractivity contribution < 1.29 is 0 Å². The Morgan fingerprint density at radius 3 is 2.65 bits per heavy atom. The number of aryl methyl sites for hydroxylation is 1. The highest BCUT2D eigenvalue weighted by Gasteiger charge is 2.09. The van der Waals surface area contributed by atoms with Crippen LogP contribution in [-0.2, 0) is 13.6 Å². The molecule has 0 atom stereocenters. The van der Waals surface area contributed by atoms with Crippen LogP contribution < -0.4 is 5.32 Å². The maximum atomic E-state index is 4.16. The van der Waals surface area contributed by atoms with Crippen LogP contribution in [0.2, 0.25) is 0 Å². The van der Waals surface area contributed by atoms with E-state index in [0.29, 0.717) is 0 Å². The third-order valence-electron chi connectivity index (χ3n) is 3.11. The molecule has 3 aromatic rings. The molecule has 0 aliphatic heterocycles. The number of nitrogens with one attached hydrogen (secondary N) is 1. The van der Waals surface area contributed by atoms with Gasteiger partial charge in [0.15, 0.2) is 5.82 Å². The van der Waals surface area contributed by atoms with E-state index >= 15 is 0 Å². The van der Waals surface area contributed by atoms with Crippen LogP contribution in [0.25, 0.3) is 11.4 Å². The molecule has 1 aromatic carbocycles. The van der Waals surface area contributed by atoms with E-state index in [1.165, 1.54) is 5.56 Å². The van der Waals surface area contributed by atoms with Crippen LogP contribution in [0.3, 0.4) is 0 Å². The van der Waals surface area contributed by atoms with E-state index in [9.17, 15) is 0 Å². The summed E-state index contributed by atoms with van der Waals surface area (Å²) in [5.41, 5.74) is 3.27. The standard InChI is InChI=1S/C15H15N5/c1-20-11-18-19-15(20)13-4-2-3-5-14(13)17-10-12-6-8-16-9-7-12/h2-9,11,17H,10H2,1H3. The van der Waals surface area contributed by atoms with E-state index in [1.807, 2.05) is 48.0 Å². The molecule has 20 heavy (non-hydrogen) atoms. The molecule has 0 aliphatic carbocycles. The minimum Gasteiger partial charge on any atom is -0.380 e. The van der Waals surface area contributed by atoms with E-state index in [4.69, 9.17) is 0 Å². The summed E-state index contributed by atoms with van der Waals surface area (Å²) in [5, 5.41) is 11.5. The number of nitrogens with zero attached hydrogens (tertiary/aromatic N) is 4. The van der Waals surface area contributed by atoms with Crippen LogP contribution in [0.5, 0.6) is 0 Å². The minimum absolute atomic E-state index is 0.747. The molecule has 3 rings (SSSR count).